The Labute approximate surface area is 119 Å². The van der Waals surface area contributed by atoms with E-state index in [0.29, 0.717) is 35.1 Å². The molecule has 19 heavy (non-hydrogen) atoms. The van der Waals surface area contributed by atoms with Gasteiger partial charge in [0.25, 0.3) is 0 Å². The highest BCUT2D eigenvalue weighted by Gasteiger charge is 2.18. The summed E-state index contributed by atoms with van der Waals surface area (Å²) in [6.07, 6.45) is 0. The fourth-order valence-electron chi connectivity index (χ4n) is 1.75. The zero-order valence-electron chi connectivity index (χ0n) is 10.5. The van der Waals surface area contributed by atoms with E-state index in [9.17, 15) is 4.79 Å². The summed E-state index contributed by atoms with van der Waals surface area (Å²) in [5.41, 5.74) is 0. The molecule has 2 rings (SSSR count). The van der Waals surface area contributed by atoms with E-state index in [4.69, 9.17) is 26.2 Å². The summed E-state index contributed by atoms with van der Waals surface area (Å²) >= 11 is 7.45. The number of thiophene rings is 1. The van der Waals surface area contributed by atoms with E-state index in [1.165, 1.54) is 11.3 Å². The first kappa shape index (κ1) is 14.0. The summed E-state index contributed by atoms with van der Waals surface area (Å²) in [6, 6.07) is 3.33. The second kappa shape index (κ2) is 5.67. The van der Waals surface area contributed by atoms with Gasteiger partial charge in [-0.15, -0.1) is 11.3 Å². The number of hydrogen-bond donors (Lipinski definition) is 1. The molecule has 1 aromatic carbocycles. The smallest absolute Gasteiger partial charge is 0.345 e. The second-order valence-corrected chi connectivity index (χ2v) is 5.17. The Morgan fingerprint density at radius 3 is 2.58 bits per heavy atom. The molecule has 2 aromatic rings. The van der Waals surface area contributed by atoms with E-state index >= 15 is 0 Å². The zero-order valence-corrected chi connectivity index (χ0v) is 12.1. The molecule has 1 N–H and O–H groups in total. The minimum absolute atomic E-state index is 0.244. The van der Waals surface area contributed by atoms with Crippen molar-refractivity contribution in [3.63, 3.8) is 0 Å². The van der Waals surface area contributed by atoms with Crippen molar-refractivity contribution in [2.45, 2.75) is 13.8 Å². The van der Waals surface area contributed by atoms with Gasteiger partial charge in [-0.2, -0.15) is 0 Å². The molecule has 0 saturated heterocycles. The molecular formula is C13H13ClO4S. The summed E-state index contributed by atoms with van der Waals surface area (Å²) in [7, 11) is 0. The van der Waals surface area contributed by atoms with Crippen molar-refractivity contribution in [2.75, 3.05) is 13.2 Å². The van der Waals surface area contributed by atoms with E-state index in [2.05, 4.69) is 0 Å². The van der Waals surface area contributed by atoms with Crippen LogP contribution in [0.4, 0.5) is 0 Å². The molecular weight excluding hydrogens is 288 g/mol. The lowest BCUT2D eigenvalue weighted by Gasteiger charge is -2.12. The third-order valence-electron chi connectivity index (χ3n) is 2.48. The van der Waals surface area contributed by atoms with Gasteiger partial charge in [-0.05, 0) is 19.9 Å². The van der Waals surface area contributed by atoms with Gasteiger partial charge in [0.1, 0.15) is 4.88 Å². The van der Waals surface area contributed by atoms with E-state index in [1.807, 2.05) is 13.8 Å². The maximum absolute atomic E-state index is 11.0. The summed E-state index contributed by atoms with van der Waals surface area (Å²) in [4.78, 5) is 11.3. The number of halogens is 1. The Morgan fingerprint density at radius 1 is 1.32 bits per heavy atom. The molecule has 0 aliphatic carbocycles. The van der Waals surface area contributed by atoms with Crippen LogP contribution in [0.2, 0.25) is 5.02 Å². The van der Waals surface area contributed by atoms with Gasteiger partial charge in [-0.1, -0.05) is 11.6 Å². The molecule has 0 aliphatic rings. The predicted octanol–water partition coefficient (Wildman–Crippen LogP) is 4.05. The standard InChI is InChI=1S/C13H13ClO4S/c1-3-17-8-6-9-7(5-10(19-9)13(15)16)11(14)12(8)18-4-2/h5-6H,3-4H2,1-2H3,(H,15,16). The van der Waals surface area contributed by atoms with Crippen LogP contribution in [-0.4, -0.2) is 24.3 Å². The maximum Gasteiger partial charge on any atom is 0.345 e. The lowest BCUT2D eigenvalue weighted by atomic mass is 10.2. The van der Waals surface area contributed by atoms with Gasteiger partial charge in [0.2, 0.25) is 0 Å². The average Bonchev–Trinajstić information content (AvgIpc) is 2.79. The van der Waals surface area contributed by atoms with Gasteiger partial charge >= 0.3 is 5.97 Å². The monoisotopic (exact) mass is 300 g/mol. The average molecular weight is 301 g/mol. The van der Waals surface area contributed by atoms with Crippen molar-refractivity contribution >= 4 is 39.0 Å². The van der Waals surface area contributed by atoms with Gasteiger partial charge in [0.05, 0.1) is 18.2 Å². The summed E-state index contributed by atoms with van der Waals surface area (Å²) in [6.45, 7) is 4.66. The molecule has 0 fully saturated rings. The lowest BCUT2D eigenvalue weighted by molar-refractivity contribution is 0.0702. The van der Waals surface area contributed by atoms with Crippen molar-refractivity contribution in [2.24, 2.45) is 0 Å². The van der Waals surface area contributed by atoms with Gasteiger partial charge in [0.15, 0.2) is 11.5 Å². The number of hydrogen-bond acceptors (Lipinski definition) is 4. The van der Waals surface area contributed by atoms with Crippen molar-refractivity contribution < 1.29 is 19.4 Å². The van der Waals surface area contributed by atoms with Crippen LogP contribution in [0.3, 0.4) is 0 Å². The third kappa shape index (κ3) is 2.62. The molecule has 6 heteroatoms. The minimum atomic E-state index is -0.965. The van der Waals surface area contributed by atoms with Gasteiger partial charge < -0.3 is 14.6 Å². The van der Waals surface area contributed by atoms with Crippen LogP contribution in [0, 0.1) is 0 Å². The van der Waals surface area contributed by atoms with Crippen LogP contribution in [0.15, 0.2) is 12.1 Å². The number of rotatable bonds is 5. The number of carboxylic acid groups (broad SMARTS) is 1. The Bertz CT molecular complexity index is 621. The Kier molecular flexibility index (Phi) is 4.17. The zero-order chi connectivity index (χ0) is 14.0. The van der Waals surface area contributed by atoms with Crippen molar-refractivity contribution in [1.29, 1.82) is 0 Å². The highest BCUT2D eigenvalue weighted by atomic mass is 35.5. The molecule has 0 amide bonds. The molecule has 1 aromatic heterocycles. The minimum Gasteiger partial charge on any atom is -0.490 e. The van der Waals surface area contributed by atoms with Gasteiger partial charge in [-0.3, -0.25) is 0 Å². The maximum atomic E-state index is 11.0. The van der Waals surface area contributed by atoms with Crippen LogP contribution >= 0.6 is 22.9 Å². The Morgan fingerprint density at radius 2 is 2.00 bits per heavy atom. The van der Waals surface area contributed by atoms with Crippen LogP contribution in [-0.2, 0) is 0 Å². The molecule has 0 spiro atoms. The molecule has 4 nitrogen and oxygen atoms in total. The van der Waals surface area contributed by atoms with Crippen LogP contribution in [0.25, 0.3) is 10.1 Å². The van der Waals surface area contributed by atoms with Crippen LogP contribution < -0.4 is 9.47 Å². The Balaban J connectivity index is 2.65. The van der Waals surface area contributed by atoms with Crippen LogP contribution in [0.1, 0.15) is 23.5 Å². The fourth-order valence-corrected chi connectivity index (χ4v) is 3.04. The van der Waals surface area contributed by atoms with Gasteiger partial charge in [0, 0.05) is 16.2 Å². The molecule has 1 heterocycles. The van der Waals surface area contributed by atoms with Crippen molar-refractivity contribution in [3.8, 4) is 11.5 Å². The quantitative estimate of drug-likeness (QED) is 0.905. The van der Waals surface area contributed by atoms with Crippen molar-refractivity contribution in [1.82, 2.24) is 0 Å². The highest BCUT2D eigenvalue weighted by molar-refractivity contribution is 7.20. The number of fused-ring (bicyclic) bond motifs is 1. The summed E-state index contributed by atoms with van der Waals surface area (Å²) < 4.78 is 11.8. The van der Waals surface area contributed by atoms with Crippen LogP contribution in [0.5, 0.6) is 11.5 Å². The van der Waals surface area contributed by atoms with Gasteiger partial charge in [-0.25, -0.2) is 4.79 Å². The molecule has 0 bridgehead atoms. The topological polar surface area (TPSA) is 55.8 Å². The van der Waals surface area contributed by atoms with E-state index in [1.54, 1.807) is 12.1 Å². The lowest BCUT2D eigenvalue weighted by Crippen LogP contribution is -1.98. The molecule has 0 unspecified atom stereocenters. The third-order valence-corrected chi connectivity index (χ3v) is 3.93. The predicted molar refractivity (Wildman–Crippen MR) is 76.1 cm³/mol. The number of benzene rings is 1. The number of ether oxygens (including phenoxy) is 2. The molecule has 102 valence electrons. The normalized spacial score (nSPS) is 10.7. The fraction of sp³-hybridized carbons (Fsp3) is 0.308. The molecule has 0 radical (unpaired) electrons. The Hall–Kier alpha value is -1.46. The first-order valence-electron chi connectivity index (χ1n) is 5.83. The second-order valence-electron chi connectivity index (χ2n) is 3.71. The number of aromatic carboxylic acids is 1. The SMILES string of the molecule is CCOc1cc2sc(C(=O)O)cc2c(Cl)c1OCC. The van der Waals surface area contributed by atoms with E-state index in [0.717, 1.165) is 4.70 Å². The van der Waals surface area contributed by atoms with E-state index < -0.39 is 5.97 Å². The van der Waals surface area contributed by atoms with E-state index in [-0.39, 0.29) is 4.88 Å². The highest BCUT2D eigenvalue weighted by Crippen LogP contribution is 2.44. The molecule has 0 saturated carbocycles. The summed E-state index contributed by atoms with van der Waals surface area (Å²) in [5, 5.41) is 10.1. The first-order chi connectivity index (χ1) is 9.08. The van der Waals surface area contributed by atoms with Crippen molar-refractivity contribution in [3.05, 3.63) is 22.0 Å². The number of carboxylic acids is 1. The largest absolute Gasteiger partial charge is 0.490 e. The number of carbonyl (C=O) groups is 1. The molecule has 0 atom stereocenters. The molecule has 0 aliphatic heterocycles. The summed E-state index contributed by atoms with van der Waals surface area (Å²) in [5.74, 6) is 0.0436. The first-order valence-corrected chi connectivity index (χ1v) is 7.02.